The molecule has 0 unspecified atom stereocenters. The quantitative estimate of drug-likeness (QED) is 0.700. The number of aromatic hydroxyl groups is 2. The maximum absolute atomic E-state index is 9.54. The van der Waals surface area contributed by atoms with Gasteiger partial charge >= 0.3 is 0 Å². The molecule has 2 N–H and O–H groups in total. The average Bonchev–Trinajstić information content (AvgIpc) is 2.14. The van der Waals surface area contributed by atoms with Gasteiger partial charge in [0.15, 0.2) is 11.5 Å². The highest BCUT2D eigenvalue weighted by Gasteiger charge is 2.09. The molecule has 0 spiro atoms. The molecule has 3 nitrogen and oxygen atoms in total. The zero-order chi connectivity index (χ0) is 9.84. The Hall–Kier alpha value is -1.38. The molecule has 0 fully saturated rings. The van der Waals surface area contributed by atoms with Crippen LogP contribution < -0.4 is 4.90 Å². The first-order valence-corrected chi connectivity index (χ1v) is 4.46. The predicted octanol–water partition coefficient (Wildman–Crippen LogP) is 1.94. The topological polar surface area (TPSA) is 43.7 Å². The minimum absolute atomic E-state index is 0.0359. The van der Waals surface area contributed by atoms with Crippen molar-refractivity contribution in [2.45, 2.75) is 13.8 Å². The van der Waals surface area contributed by atoms with Gasteiger partial charge < -0.3 is 15.1 Å². The van der Waals surface area contributed by atoms with Gasteiger partial charge in [0.25, 0.3) is 0 Å². The summed E-state index contributed by atoms with van der Waals surface area (Å²) in [6.07, 6.45) is 0. The second kappa shape index (κ2) is 4.03. The molecule has 0 saturated heterocycles. The van der Waals surface area contributed by atoms with Gasteiger partial charge in [-0.25, -0.2) is 0 Å². The lowest BCUT2D eigenvalue weighted by Gasteiger charge is -2.22. The minimum atomic E-state index is -0.0654. The summed E-state index contributed by atoms with van der Waals surface area (Å²) in [6, 6.07) is 4.99. The van der Waals surface area contributed by atoms with Gasteiger partial charge in [-0.15, -0.1) is 0 Å². The first-order valence-electron chi connectivity index (χ1n) is 4.46. The van der Waals surface area contributed by atoms with Crippen molar-refractivity contribution in [2.75, 3.05) is 18.0 Å². The normalized spacial score (nSPS) is 10.0. The number of nitrogens with zero attached hydrogens (tertiary/aromatic N) is 1. The van der Waals surface area contributed by atoms with Crippen LogP contribution in [0.3, 0.4) is 0 Å². The van der Waals surface area contributed by atoms with E-state index in [1.165, 1.54) is 6.07 Å². The monoisotopic (exact) mass is 181 g/mol. The number of hydrogen-bond acceptors (Lipinski definition) is 3. The molecule has 0 heterocycles. The summed E-state index contributed by atoms with van der Waals surface area (Å²) in [6.45, 7) is 5.64. The summed E-state index contributed by atoms with van der Waals surface area (Å²) in [5.74, 6) is -0.101. The number of para-hydroxylation sites is 1. The first-order chi connectivity index (χ1) is 6.20. The number of hydrogen-bond donors (Lipinski definition) is 2. The average molecular weight is 181 g/mol. The van der Waals surface area contributed by atoms with Gasteiger partial charge in [0.05, 0.1) is 5.69 Å². The number of phenolic OH excluding ortho intramolecular Hbond substituents is 2. The van der Waals surface area contributed by atoms with Crippen LogP contribution in [0.15, 0.2) is 18.2 Å². The van der Waals surface area contributed by atoms with Gasteiger partial charge in [-0.3, -0.25) is 0 Å². The molecular formula is C10H15NO2. The van der Waals surface area contributed by atoms with E-state index >= 15 is 0 Å². The molecule has 0 aliphatic heterocycles. The van der Waals surface area contributed by atoms with Crippen molar-refractivity contribution in [1.82, 2.24) is 0 Å². The van der Waals surface area contributed by atoms with Crippen LogP contribution in [0.2, 0.25) is 0 Å². The van der Waals surface area contributed by atoms with Gasteiger partial charge in [-0.1, -0.05) is 6.07 Å². The lowest BCUT2D eigenvalue weighted by atomic mass is 10.2. The fourth-order valence-electron chi connectivity index (χ4n) is 1.34. The molecule has 0 atom stereocenters. The predicted molar refractivity (Wildman–Crippen MR) is 53.3 cm³/mol. The molecule has 0 saturated carbocycles. The van der Waals surface area contributed by atoms with Crippen LogP contribution in [0.1, 0.15) is 13.8 Å². The van der Waals surface area contributed by atoms with Gasteiger partial charge in [-0.2, -0.15) is 0 Å². The smallest absolute Gasteiger partial charge is 0.181 e. The Morgan fingerprint density at radius 1 is 1.15 bits per heavy atom. The zero-order valence-electron chi connectivity index (χ0n) is 7.99. The number of benzene rings is 1. The maximum atomic E-state index is 9.54. The van der Waals surface area contributed by atoms with Crippen LogP contribution in [-0.2, 0) is 0 Å². The highest BCUT2D eigenvalue weighted by molar-refractivity contribution is 5.63. The molecule has 0 bridgehead atoms. The standard InChI is InChI=1S/C10H15NO2/c1-3-11(4-2)8-6-5-7-9(12)10(8)13/h5-7,12-13H,3-4H2,1-2H3. The van der Waals surface area contributed by atoms with Crippen LogP contribution >= 0.6 is 0 Å². The lowest BCUT2D eigenvalue weighted by Crippen LogP contribution is -2.21. The highest BCUT2D eigenvalue weighted by atomic mass is 16.3. The summed E-state index contributed by atoms with van der Waals surface area (Å²) in [7, 11) is 0. The van der Waals surface area contributed by atoms with Crippen LogP contribution in [-0.4, -0.2) is 23.3 Å². The summed E-state index contributed by atoms with van der Waals surface area (Å²) in [5.41, 5.74) is 0.685. The van der Waals surface area contributed by atoms with Gasteiger partial charge in [0.1, 0.15) is 0 Å². The number of rotatable bonds is 3. The molecule has 3 heteroatoms. The molecule has 0 aliphatic rings. The first kappa shape index (κ1) is 9.71. The third-order valence-corrected chi connectivity index (χ3v) is 2.10. The van der Waals surface area contributed by atoms with Gasteiger partial charge in [0.2, 0.25) is 0 Å². The van der Waals surface area contributed by atoms with E-state index in [1.54, 1.807) is 12.1 Å². The largest absolute Gasteiger partial charge is 0.504 e. The van der Waals surface area contributed by atoms with E-state index < -0.39 is 0 Å². The van der Waals surface area contributed by atoms with E-state index in [4.69, 9.17) is 0 Å². The van der Waals surface area contributed by atoms with Crippen molar-refractivity contribution >= 4 is 5.69 Å². The Bertz CT molecular complexity index is 282. The minimum Gasteiger partial charge on any atom is -0.504 e. The molecule has 0 amide bonds. The maximum Gasteiger partial charge on any atom is 0.181 e. The molecule has 1 rings (SSSR count). The van der Waals surface area contributed by atoms with Crippen molar-refractivity contribution < 1.29 is 10.2 Å². The summed E-state index contributed by atoms with van der Waals surface area (Å²) < 4.78 is 0. The number of anilines is 1. The summed E-state index contributed by atoms with van der Waals surface area (Å²) in [4.78, 5) is 1.98. The Kier molecular flexibility index (Phi) is 3.01. The van der Waals surface area contributed by atoms with E-state index in [0.717, 1.165) is 13.1 Å². The highest BCUT2D eigenvalue weighted by Crippen LogP contribution is 2.34. The van der Waals surface area contributed by atoms with E-state index in [9.17, 15) is 10.2 Å². The Morgan fingerprint density at radius 2 is 1.77 bits per heavy atom. The van der Waals surface area contributed by atoms with E-state index in [0.29, 0.717) is 5.69 Å². The zero-order valence-corrected chi connectivity index (χ0v) is 7.99. The lowest BCUT2D eigenvalue weighted by molar-refractivity contribution is 0.403. The SMILES string of the molecule is CCN(CC)c1cccc(O)c1O. The molecule has 72 valence electrons. The van der Waals surface area contributed by atoms with E-state index in [2.05, 4.69) is 0 Å². The van der Waals surface area contributed by atoms with Crippen molar-refractivity contribution in [1.29, 1.82) is 0 Å². The fourth-order valence-corrected chi connectivity index (χ4v) is 1.34. The molecule has 0 aliphatic carbocycles. The van der Waals surface area contributed by atoms with Crippen LogP contribution in [0, 0.1) is 0 Å². The van der Waals surface area contributed by atoms with Crippen LogP contribution in [0.25, 0.3) is 0 Å². The van der Waals surface area contributed by atoms with Crippen molar-refractivity contribution in [2.24, 2.45) is 0 Å². The van der Waals surface area contributed by atoms with E-state index in [1.807, 2.05) is 18.7 Å². The molecule has 0 aromatic heterocycles. The fraction of sp³-hybridized carbons (Fsp3) is 0.400. The van der Waals surface area contributed by atoms with Crippen molar-refractivity contribution in [3.05, 3.63) is 18.2 Å². The number of phenols is 2. The molecular weight excluding hydrogens is 166 g/mol. The third-order valence-electron chi connectivity index (χ3n) is 2.10. The summed E-state index contributed by atoms with van der Waals surface area (Å²) in [5, 5.41) is 18.8. The van der Waals surface area contributed by atoms with Crippen LogP contribution in [0.5, 0.6) is 11.5 Å². The Balaban J connectivity index is 3.05. The molecule has 13 heavy (non-hydrogen) atoms. The summed E-state index contributed by atoms with van der Waals surface area (Å²) >= 11 is 0. The molecule has 1 aromatic carbocycles. The third kappa shape index (κ3) is 1.86. The second-order valence-electron chi connectivity index (χ2n) is 2.82. The Morgan fingerprint density at radius 3 is 2.31 bits per heavy atom. The van der Waals surface area contributed by atoms with Gasteiger partial charge in [0, 0.05) is 13.1 Å². The van der Waals surface area contributed by atoms with Crippen LogP contribution in [0.4, 0.5) is 5.69 Å². The second-order valence-corrected chi connectivity index (χ2v) is 2.82. The molecule has 1 aromatic rings. The van der Waals surface area contributed by atoms with Crippen molar-refractivity contribution in [3.8, 4) is 11.5 Å². The van der Waals surface area contributed by atoms with E-state index in [-0.39, 0.29) is 11.5 Å². The van der Waals surface area contributed by atoms with Crippen molar-refractivity contribution in [3.63, 3.8) is 0 Å². The van der Waals surface area contributed by atoms with Gasteiger partial charge in [-0.05, 0) is 26.0 Å². The molecule has 0 radical (unpaired) electrons. The Labute approximate surface area is 78.2 Å².